The van der Waals surface area contributed by atoms with E-state index in [1.807, 2.05) is 0 Å². The molecule has 1 fully saturated rings. The van der Waals surface area contributed by atoms with E-state index in [0.29, 0.717) is 10.9 Å². The Morgan fingerprint density at radius 1 is 1.12 bits per heavy atom. The van der Waals surface area contributed by atoms with Crippen molar-refractivity contribution in [2.45, 2.75) is 49.5 Å². The molecule has 6 rings (SSSR count). The number of hydrogen-bond donors (Lipinski definition) is 3. The molecule has 258 valence electrons. The lowest BCUT2D eigenvalue weighted by Crippen LogP contribution is -2.52. The normalized spacial score (nSPS) is 18.5. The smallest absolute Gasteiger partial charge is 0.424 e. The highest BCUT2D eigenvalue weighted by molar-refractivity contribution is 6.31. The molecule has 2 unspecified atom stereocenters. The van der Waals surface area contributed by atoms with Crippen LogP contribution in [0.25, 0.3) is 22.2 Å². The largest absolute Gasteiger partial charge is 0.489 e. The number of ether oxygens (including phenoxy) is 2. The van der Waals surface area contributed by atoms with E-state index in [0.717, 1.165) is 31.0 Å². The summed E-state index contributed by atoms with van der Waals surface area (Å²) in [5.74, 6) is -2.59. The molecule has 2 amide bonds. The van der Waals surface area contributed by atoms with Crippen LogP contribution in [-0.2, 0) is 15.8 Å². The number of carbonyl (C=O) groups is 2. The topological polar surface area (TPSA) is 123 Å². The standard InChI is InChI=1S/C33H27ClF6N4O5/c1-31(30(46)42-13-25(36)37)15-48-28-22(31)11-24(44-27(28)16-2-4-20(35)5-3-16)32(47,33(38,39)40)14-43-29(45)18-8-17-9-19(34)12-41-26(17)23(10-18)49-21-6-7-21/h2-5,8-12,21,25,47H,6-7,13-15H2,1H3,(H,42,46)(H,43,45). The van der Waals surface area contributed by atoms with E-state index in [1.54, 1.807) is 0 Å². The fraction of sp³-hybridized carbons (Fsp3) is 0.333. The summed E-state index contributed by atoms with van der Waals surface area (Å²) in [6.45, 7) is -1.67. The van der Waals surface area contributed by atoms with Crippen LogP contribution >= 0.6 is 11.6 Å². The van der Waals surface area contributed by atoms with Crippen LogP contribution < -0.4 is 20.1 Å². The predicted octanol–water partition coefficient (Wildman–Crippen LogP) is 5.84. The van der Waals surface area contributed by atoms with Crippen LogP contribution in [0, 0.1) is 5.82 Å². The van der Waals surface area contributed by atoms with Crippen LogP contribution in [0.2, 0.25) is 5.02 Å². The third-order valence-corrected chi connectivity index (χ3v) is 8.51. The number of aliphatic hydroxyl groups is 1. The first-order valence-corrected chi connectivity index (χ1v) is 15.3. The van der Waals surface area contributed by atoms with Gasteiger partial charge in [0.05, 0.1) is 29.9 Å². The lowest BCUT2D eigenvalue weighted by Gasteiger charge is -2.31. The number of halogens is 7. The van der Waals surface area contributed by atoms with E-state index in [4.69, 9.17) is 21.1 Å². The summed E-state index contributed by atoms with van der Waals surface area (Å²) in [7, 11) is 0. The Labute approximate surface area is 279 Å². The minimum atomic E-state index is -5.46. The number of carbonyl (C=O) groups excluding carboxylic acids is 2. The molecule has 0 radical (unpaired) electrons. The van der Waals surface area contributed by atoms with Gasteiger partial charge in [-0.1, -0.05) is 11.6 Å². The van der Waals surface area contributed by atoms with Gasteiger partial charge in [-0.15, -0.1) is 0 Å². The van der Waals surface area contributed by atoms with E-state index < -0.39 is 66.6 Å². The average Bonchev–Trinajstić information content (AvgIpc) is 3.81. The number of hydrogen-bond acceptors (Lipinski definition) is 7. The fourth-order valence-electron chi connectivity index (χ4n) is 5.37. The van der Waals surface area contributed by atoms with Gasteiger partial charge in [0.1, 0.15) is 40.5 Å². The Bertz CT molecular complexity index is 1940. The number of amides is 2. The van der Waals surface area contributed by atoms with Gasteiger partial charge in [-0.05, 0) is 68.3 Å². The second kappa shape index (κ2) is 12.7. The molecule has 2 aliphatic rings. The minimum absolute atomic E-state index is 0.0666. The second-order valence-electron chi connectivity index (χ2n) is 12.0. The maximum Gasteiger partial charge on any atom is 0.424 e. The molecule has 2 aromatic carbocycles. The van der Waals surface area contributed by atoms with Gasteiger partial charge in [0, 0.05) is 28.3 Å². The van der Waals surface area contributed by atoms with E-state index in [2.05, 4.69) is 20.6 Å². The highest BCUT2D eigenvalue weighted by atomic mass is 35.5. The summed E-state index contributed by atoms with van der Waals surface area (Å²) in [6, 6.07) is 9.42. The van der Waals surface area contributed by atoms with Crippen molar-refractivity contribution in [2.24, 2.45) is 0 Å². The molecule has 0 bridgehead atoms. The Morgan fingerprint density at radius 2 is 1.84 bits per heavy atom. The van der Waals surface area contributed by atoms with Crippen molar-refractivity contribution >= 4 is 34.3 Å². The molecule has 3 heterocycles. The van der Waals surface area contributed by atoms with Gasteiger partial charge in [0.25, 0.3) is 12.3 Å². The molecule has 4 aromatic rings. The highest BCUT2D eigenvalue weighted by Gasteiger charge is 2.58. The Balaban J connectivity index is 1.40. The predicted molar refractivity (Wildman–Crippen MR) is 164 cm³/mol. The molecular weight excluding hydrogens is 682 g/mol. The molecule has 1 aliphatic carbocycles. The van der Waals surface area contributed by atoms with Gasteiger partial charge in [0.15, 0.2) is 0 Å². The van der Waals surface area contributed by atoms with E-state index in [-0.39, 0.29) is 45.0 Å². The number of alkyl halides is 5. The van der Waals surface area contributed by atoms with E-state index in [9.17, 15) is 41.0 Å². The number of nitrogens with one attached hydrogen (secondary N) is 2. The number of benzene rings is 2. The van der Waals surface area contributed by atoms with Crippen LogP contribution in [0.1, 0.15) is 41.4 Å². The van der Waals surface area contributed by atoms with Crippen molar-refractivity contribution in [3.05, 3.63) is 82.4 Å². The quantitative estimate of drug-likeness (QED) is 0.177. The van der Waals surface area contributed by atoms with Gasteiger partial charge in [-0.2, -0.15) is 13.2 Å². The second-order valence-corrected chi connectivity index (χ2v) is 12.5. The number of nitrogens with zero attached hydrogens (tertiary/aromatic N) is 2. The van der Waals surface area contributed by atoms with E-state index in [1.165, 1.54) is 43.5 Å². The lowest BCUT2D eigenvalue weighted by atomic mass is 9.81. The Morgan fingerprint density at radius 3 is 2.49 bits per heavy atom. The van der Waals surface area contributed by atoms with Gasteiger partial charge < -0.3 is 25.2 Å². The SMILES string of the molecule is CC1(C(=O)NCC(F)F)COc2c1cc(C(O)(CNC(=O)c1cc(OC3CC3)c3ncc(Cl)cc3c1)C(F)(F)F)nc2-c1ccc(F)cc1. The zero-order valence-corrected chi connectivity index (χ0v) is 26.3. The first-order chi connectivity index (χ1) is 23.1. The van der Waals surface area contributed by atoms with Crippen LogP contribution in [0.3, 0.4) is 0 Å². The van der Waals surface area contributed by atoms with Gasteiger partial charge in [-0.3, -0.25) is 14.6 Å². The third-order valence-electron chi connectivity index (χ3n) is 8.30. The average molecular weight is 709 g/mol. The van der Waals surface area contributed by atoms with Crippen molar-refractivity contribution in [3.63, 3.8) is 0 Å². The molecule has 9 nitrogen and oxygen atoms in total. The molecule has 0 spiro atoms. The molecule has 0 saturated heterocycles. The lowest BCUT2D eigenvalue weighted by molar-refractivity contribution is -0.265. The van der Waals surface area contributed by atoms with Crippen molar-refractivity contribution in [1.29, 1.82) is 0 Å². The summed E-state index contributed by atoms with van der Waals surface area (Å²) in [6.07, 6.45) is -5.55. The molecule has 3 N–H and O–H groups in total. The summed E-state index contributed by atoms with van der Waals surface area (Å²) < 4.78 is 95.8. The monoisotopic (exact) mass is 708 g/mol. The van der Waals surface area contributed by atoms with E-state index >= 15 is 0 Å². The molecule has 1 aliphatic heterocycles. The van der Waals surface area contributed by atoms with Crippen LogP contribution in [-0.4, -0.2) is 65.3 Å². The van der Waals surface area contributed by atoms with Crippen LogP contribution in [0.4, 0.5) is 26.3 Å². The highest BCUT2D eigenvalue weighted by Crippen LogP contribution is 2.48. The van der Waals surface area contributed by atoms with Gasteiger partial charge in [0.2, 0.25) is 11.5 Å². The molecule has 2 atom stereocenters. The summed E-state index contributed by atoms with van der Waals surface area (Å²) in [5, 5.41) is 16.2. The molecule has 16 heteroatoms. The third kappa shape index (κ3) is 6.69. The van der Waals surface area contributed by atoms with Crippen molar-refractivity contribution < 1.29 is 50.5 Å². The number of aromatic nitrogens is 2. The summed E-state index contributed by atoms with van der Waals surface area (Å²) in [4.78, 5) is 34.8. The van der Waals surface area contributed by atoms with Gasteiger partial charge >= 0.3 is 6.18 Å². The maximum absolute atomic E-state index is 14.9. The fourth-order valence-corrected chi connectivity index (χ4v) is 5.54. The molecule has 49 heavy (non-hydrogen) atoms. The molecular formula is C33H27ClF6N4O5. The molecule has 1 saturated carbocycles. The first-order valence-electron chi connectivity index (χ1n) is 14.9. The molecule has 2 aromatic heterocycles. The summed E-state index contributed by atoms with van der Waals surface area (Å²) >= 11 is 6.08. The zero-order chi connectivity index (χ0) is 35.3. The van der Waals surface area contributed by atoms with Crippen molar-refractivity contribution in [1.82, 2.24) is 20.6 Å². The Hall–Kier alpha value is -4.63. The van der Waals surface area contributed by atoms with Crippen LogP contribution in [0.5, 0.6) is 11.5 Å². The van der Waals surface area contributed by atoms with Crippen molar-refractivity contribution in [3.8, 4) is 22.8 Å². The maximum atomic E-state index is 14.9. The first kappa shape index (κ1) is 34.2. The van der Waals surface area contributed by atoms with Crippen molar-refractivity contribution in [2.75, 3.05) is 19.7 Å². The Kier molecular flexibility index (Phi) is 8.86. The van der Waals surface area contributed by atoms with Crippen LogP contribution in [0.15, 0.2) is 54.7 Å². The van der Waals surface area contributed by atoms with Gasteiger partial charge in [-0.25, -0.2) is 18.2 Å². The minimum Gasteiger partial charge on any atom is -0.489 e. The number of pyridine rings is 2. The summed E-state index contributed by atoms with van der Waals surface area (Å²) in [5.41, 5.74) is -6.83. The zero-order valence-electron chi connectivity index (χ0n) is 25.5. The number of rotatable bonds is 10. The number of fused-ring (bicyclic) bond motifs is 2.